The minimum absolute atomic E-state index is 0.0322. The predicted octanol–water partition coefficient (Wildman–Crippen LogP) is 6.74. The van der Waals surface area contributed by atoms with Gasteiger partial charge < -0.3 is 4.23 Å². The van der Waals surface area contributed by atoms with E-state index in [2.05, 4.69) is 81.1 Å². The summed E-state index contributed by atoms with van der Waals surface area (Å²) in [6.45, 7) is 17.8. The van der Waals surface area contributed by atoms with Crippen LogP contribution in [0.5, 0.6) is 5.88 Å². The summed E-state index contributed by atoms with van der Waals surface area (Å²) in [5.74, 6) is 0.595. The highest BCUT2D eigenvalue weighted by Gasteiger charge is 2.37. The first-order valence-corrected chi connectivity index (χ1v) is 13.8. The van der Waals surface area contributed by atoms with Crippen molar-refractivity contribution in [3.8, 4) is 5.88 Å². The van der Waals surface area contributed by atoms with Crippen LogP contribution in [0.3, 0.4) is 0 Å². The van der Waals surface area contributed by atoms with Gasteiger partial charge in [0.25, 0.3) is 0 Å². The number of benzene rings is 1. The van der Waals surface area contributed by atoms with E-state index in [-0.39, 0.29) is 26.8 Å². The van der Waals surface area contributed by atoms with Crippen LogP contribution < -0.4 is 4.18 Å². The van der Waals surface area contributed by atoms with Gasteiger partial charge in [0.1, 0.15) is 12.1 Å². The van der Waals surface area contributed by atoms with E-state index in [1.165, 1.54) is 6.07 Å². The molecular weight excluding hydrogens is 417 g/mol. The molecule has 2 rings (SSSR count). The molecule has 1 aromatic carbocycles. The fourth-order valence-corrected chi connectivity index (χ4v) is 5.67. The number of rotatable bonds is 3. The third-order valence-corrected chi connectivity index (χ3v) is 13.4. The molecule has 0 radical (unpaired) electrons. The summed E-state index contributed by atoms with van der Waals surface area (Å²) in [5.41, 5.74) is 0.655. The normalized spacial score (nSPS) is 14.8. The monoisotopic (exact) mass is 446 g/mol. The number of aromatic nitrogens is 1. The second kappa shape index (κ2) is 6.61. The zero-order valence-corrected chi connectivity index (χ0v) is 20.2. The second-order valence-corrected chi connectivity index (χ2v) is 17.3. The molecule has 0 amide bonds. The van der Waals surface area contributed by atoms with E-state index in [0.29, 0.717) is 5.52 Å². The SMILES string of the molecule is C[S+](Oc1cc2c(Br)ccc(F)c2n1[Si-](C)(C)C(C)(C)C)C(C)(C)C. The van der Waals surface area contributed by atoms with E-state index < -0.39 is 8.24 Å². The Hall–Kier alpha value is -0.463. The van der Waals surface area contributed by atoms with Crippen molar-refractivity contribution in [2.45, 2.75) is 64.4 Å². The molecule has 0 bridgehead atoms. The van der Waals surface area contributed by atoms with Gasteiger partial charge in [0, 0.05) is 15.9 Å². The van der Waals surface area contributed by atoms with Gasteiger partial charge in [-0.3, -0.25) is 4.18 Å². The Bertz CT molecular complexity index is 789. The van der Waals surface area contributed by atoms with Crippen molar-refractivity contribution in [2.24, 2.45) is 0 Å². The summed E-state index contributed by atoms with van der Waals surface area (Å²) in [6.07, 6.45) is 2.11. The molecule has 25 heavy (non-hydrogen) atoms. The maximum Gasteiger partial charge on any atom is 0.224 e. The second-order valence-electron chi connectivity index (χ2n) is 9.07. The molecule has 2 nitrogen and oxygen atoms in total. The number of nitrogens with zero attached hydrogens (tertiary/aromatic N) is 1. The predicted molar refractivity (Wildman–Crippen MR) is 116 cm³/mol. The highest BCUT2D eigenvalue weighted by Crippen LogP contribution is 2.44. The lowest BCUT2D eigenvalue weighted by atomic mass is 10.2. The van der Waals surface area contributed by atoms with Crippen molar-refractivity contribution in [3.63, 3.8) is 0 Å². The molecule has 2 aromatic rings. The third kappa shape index (κ3) is 3.81. The molecule has 1 aromatic heterocycles. The standard InChI is InChI=1S/C19H30BrFNOSSi/c1-18(2,3)24(7)23-16-12-13-14(20)10-11-15(21)17(13)22(16)25(8,9)19(4,5)6/h10-12H,1-9H3. The molecular formula is C19H30BrFNOSSi. The molecule has 1 heterocycles. The Labute approximate surface area is 163 Å². The fraction of sp³-hybridized carbons (Fsp3) is 0.579. The van der Waals surface area contributed by atoms with Crippen LogP contribution in [0, 0.1) is 5.82 Å². The van der Waals surface area contributed by atoms with Crippen LogP contribution in [0.2, 0.25) is 18.1 Å². The Balaban J connectivity index is 2.80. The summed E-state index contributed by atoms with van der Waals surface area (Å²) >= 11 is 3.30. The van der Waals surface area contributed by atoms with E-state index in [9.17, 15) is 4.39 Å². The van der Waals surface area contributed by atoms with Gasteiger partial charge >= 0.3 is 0 Å². The van der Waals surface area contributed by atoms with E-state index in [1.807, 2.05) is 6.07 Å². The van der Waals surface area contributed by atoms with Crippen molar-refractivity contribution >= 4 is 46.2 Å². The van der Waals surface area contributed by atoms with Crippen molar-refractivity contribution in [2.75, 3.05) is 6.26 Å². The van der Waals surface area contributed by atoms with E-state index >= 15 is 0 Å². The number of fused-ring (bicyclic) bond motifs is 1. The van der Waals surface area contributed by atoms with E-state index in [1.54, 1.807) is 6.07 Å². The van der Waals surface area contributed by atoms with Gasteiger partial charge in [0.2, 0.25) is 17.1 Å². The van der Waals surface area contributed by atoms with Crippen molar-refractivity contribution in [1.29, 1.82) is 0 Å². The maximum absolute atomic E-state index is 14.9. The van der Waals surface area contributed by atoms with Gasteiger partial charge in [-0.1, -0.05) is 36.7 Å². The molecule has 141 valence electrons. The van der Waals surface area contributed by atoms with E-state index in [4.69, 9.17) is 4.18 Å². The Morgan fingerprint density at radius 2 is 1.68 bits per heavy atom. The first-order chi connectivity index (χ1) is 11.2. The van der Waals surface area contributed by atoms with Crippen LogP contribution in [-0.4, -0.2) is 23.5 Å². The van der Waals surface area contributed by atoms with Crippen molar-refractivity contribution < 1.29 is 8.57 Å². The van der Waals surface area contributed by atoms with Crippen LogP contribution >= 0.6 is 15.9 Å². The van der Waals surface area contributed by atoms with Gasteiger partial charge in [-0.25, -0.2) is 4.39 Å². The summed E-state index contributed by atoms with van der Waals surface area (Å²) in [7, 11) is -2.08. The highest BCUT2D eigenvalue weighted by molar-refractivity contribution is 9.10. The molecule has 0 saturated heterocycles. The van der Waals surface area contributed by atoms with Crippen LogP contribution in [0.1, 0.15) is 41.5 Å². The third-order valence-electron chi connectivity index (χ3n) is 5.29. The lowest BCUT2D eigenvalue weighted by Gasteiger charge is -2.50. The molecule has 1 unspecified atom stereocenters. The molecule has 0 aliphatic heterocycles. The summed E-state index contributed by atoms with van der Waals surface area (Å²) in [4.78, 5) is 0. The van der Waals surface area contributed by atoms with Crippen LogP contribution in [-0.2, 0) is 11.2 Å². The summed E-state index contributed by atoms with van der Waals surface area (Å²) in [6, 6.07) is 5.31. The van der Waals surface area contributed by atoms with Crippen LogP contribution in [0.25, 0.3) is 10.9 Å². The van der Waals surface area contributed by atoms with Gasteiger partial charge in [0.05, 0.1) is 5.52 Å². The smallest absolute Gasteiger partial charge is 0.224 e. The average molecular weight is 448 g/mol. The highest BCUT2D eigenvalue weighted by atomic mass is 79.9. The minimum Gasteiger partial charge on any atom is -0.459 e. The number of hydrogen-bond donors (Lipinski definition) is 0. The zero-order chi connectivity index (χ0) is 19.4. The van der Waals surface area contributed by atoms with Gasteiger partial charge in [-0.05, 0) is 41.1 Å². The quantitative estimate of drug-likeness (QED) is 0.376. The van der Waals surface area contributed by atoms with Crippen molar-refractivity contribution in [3.05, 3.63) is 28.5 Å². The van der Waals surface area contributed by atoms with Crippen molar-refractivity contribution in [1.82, 2.24) is 4.23 Å². The van der Waals surface area contributed by atoms with Crippen LogP contribution in [0.15, 0.2) is 22.7 Å². The maximum atomic E-state index is 14.9. The summed E-state index contributed by atoms with van der Waals surface area (Å²) in [5, 5.41) is 0.936. The van der Waals surface area contributed by atoms with Gasteiger partial charge in [-0.2, -0.15) is 13.1 Å². The Morgan fingerprint density at radius 1 is 1.12 bits per heavy atom. The lowest BCUT2D eigenvalue weighted by Crippen LogP contribution is -2.46. The number of halogens is 2. The summed E-state index contributed by atoms with van der Waals surface area (Å²) < 4.78 is 24.4. The topological polar surface area (TPSA) is 14.2 Å². The molecule has 0 fully saturated rings. The van der Waals surface area contributed by atoms with Crippen LogP contribution in [0.4, 0.5) is 4.39 Å². The van der Waals surface area contributed by atoms with Gasteiger partial charge in [0.15, 0.2) is 4.75 Å². The first-order valence-electron chi connectivity index (χ1n) is 8.52. The molecule has 0 aliphatic carbocycles. The lowest BCUT2D eigenvalue weighted by molar-refractivity contribution is 0.557. The molecule has 0 saturated carbocycles. The largest absolute Gasteiger partial charge is 0.459 e. The molecule has 6 heteroatoms. The minimum atomic E-state index is -2.08. The molecule has 0 spiro atoms. The molecule has 1 atom stereocenters. The van der Waals surface area contributed by atoms with Gasteiger partial charge in [-0.15, -0.1) is 5.04 Å². The Morgan fingerprint density at radius 3 is 2.16 bits per heavy atom. The first kappa shape index (κ1) is 20.8. The average Bonchev–Trinajstić information content (AvgIpc) is 2.81. The number of hydrogen-bond acceptors (Lipinski definition) is 1. The zero-order valence-electron chi connectivity index (χ0n) is 16.8. The fourth-order valence-electron chi connectivity index (χ4n) is 2.42. The molecule has 0 aliphatic rings. The molecule has 0 N–H and O–H groups in total. The van der Waals surface area contributed by atoms with E-state index in [0.717, 1.165) is 15.7 Å². The Kier molecular flexibility index (Phi) is 5.51.